The van der Waals surface area contributed by atoms with Gasteiger partial charge in [-0.3, -0.25) is 0 Å². The lowest BCUT2D eigenvalue weighted by atomic mass is 9.93. The van der Waals surface area contributed by atoms with Crippen LogP contribution in [0.4, 0.5) is 0 Å². The van der Waals surface area contributed by atoms with Crippen molar-refractivity contribution in [3.63, 3.8) is 0 Å². The Balaban J connectivity index is 2.06. The first-order valence-corrected chi connectivity index (χ1v) is 6.63. The third-order valence-electron chi connectivity index (χ3n) is 3.51. The highest BCUT2D eigenvalue weighted by Gasteiger charge is 2.30. The second-order valence-electron chi connectivity index (χ2n) is 4.63. The van der Waals surface area contributed by atoms with Gasteiger partial charge in [0.15, 0.2) is 0 Å². The van der Waals surface area contributed by atoms with Gasteiger partial charge in [-0.05, 0) is 47.4 Å². The van der Waals surface area contributed by atoms with Crippen molar-refractivity contribution < 1.29 is 5.11 Å². The Morgan fingerprint density at radius 3 is 2.28 bits per heavy atom. The van der Waals surface area contributed by atoms with E-state index in [2.05, 4.69) is 0 Å². The topological polar surface area (TPSA) is 20.2 Å². The molecule has 0 radical (unpaired) electrons. The Morgan fingerprint density at radius 1 is 0.889 bits per heavy atom. The molecule has 2 aromatic rings. The molecule has 0 aromatic heterocycles. The van der Waals surface area contributed by atoms with Crippen LogP contribution in [0, 0.1) is 0 Å². The van der Waals surface area contributed by atoms with Crippen LogP contribution in [0.5, 0.6) is 0 Å². The zero-order valence-corrected chi connectivity index (χ0v) is 11.1. The van der Waals surface area contributed by atoms with Crippen LogP contribution in [0.2, 0.25) is 10.0 Å². The predicted octanol–water partition coefficient (Wildman–Crippen LogP) is 4.56. The molecule has 0 saturated heterocycles. The molecule has 92 valence electrons. The summed E-state index contributed by atoms with van der Waals surface area (Å²) in [6.45, 7) is 0. The fourth-order valence-electron chi connectivity index (χ4n) is 2.64. The highest BCUT2D eigenvalue weighted by Crippen LogP contribution is 2.44. The zero-order valence-electron chi connectivity index (χ0n) is 9.61. The maximum Gasteiger partial charge on any atom is 0.0802 e. The molecule has 2 atom stereocenters. The van der Waals surface area contributed by atoms with Crippen LogP contribution in [-0.2, 0) is 0 Å². The first-order valence-electron chi connectivity index (χ1n) is 5.88. The Kier molecular flexibility index (Phi) is 3.06. The van der Waals surface area contributed by atoms with Gasteiger partial charge in [0.25, 0.3) is 0 Å². The Labute approximate surface area is 116 Å². The van der Waals surface area contributed by atoms with Gasteiger partial charge in [-0.2, -0.15) is 0 Å². The van der Waals surface area contributed by atoms with Gasteiger partial charge in [0.1, 0.15) is 0 Å². The van der Waals surface area contributed by atoms with Crippen LogP contribution in [0.1, 0.15) is 35.1 Å². The molecule has 1 aliphatic rings. The van der Waals surface area contributed by atoms with Gasteiger partial charge in [-0.1, -0.05) is 41.4 Å². The van der Waals surface area contributed by atoms with Crippen LogP contribution in [0.25, 0.3) is 0 Å². The van der Waals surface area contributed by atoms with E-state index in [1.54, 1.807) is 0 Å². The summed E-state index contributed by atoms with van der Waals surface area (Å²) in [6, 6.07) is 13.5. The highest BCUT2D eigenvalue weighted by molar-refractivity contribution is 6.30. The molecular formula is C15H12Cl2O. The summed E-state index contributed by atoms with van der Waals surface area (Å²) >= 11 is 11.9. The van der Waals surface area contributed by atoms with Crippen molar-refractivity contribution in [1.29, 1.82) is 0 Å². The Bertz CT molecular complexity index is 578. The fourth-order valence-corrected chi connectivity index (χ4v) is 2.95. The van der Waals surface area contributed by atoms with Gasteiger partial charge >= 0.3 is 0 Å². The van der Waals surface area contributed by atoms with E-state index in [0.717, 1.165) is 16.1 Å². The second kappa shape index (κ2) is 4.58. The number of aliphatic hydroxyl groups excluding tert-OH is 1. The lowest BCUT2D eigenvalue weighted by Crippen LogP contribution is -1.96. The van der Waals surface area contributed by atoms with Gasteiger partial charge in [0, 0.05) is 16.0 Å². The van der Waals surface area contributed by atoms with Gasteiger partial charge < -0.3 is 5.11 Å². The van der Waals surface area contributed by atoms with Gasteiger partial charge in [-0.25, -0.2) is 0 Å². The molecule has 0 aliphatic heterocycles. The van der Waals surface area contributed by atoms with E-state index < -0.39 is 6.10 Å². The SMILES string of the molecule is O[C@H]1C[C@H](c2ccc(Cl)cc2)c2cc(Cl)ccc21. The minimum absolute atomic E-state index is 0.200. The molecule has 0 saturated carbocycles. The molecule has 0 unspecified atom stereocenters. The minimum Gasteiger partial charge on any atom is -0.388 e. The zero-order chi connectivity index (χ0) is 12.7. The highest BCUT2D eigenvalue weighted by atomic mass is 35.5. The van der Waals surface area contributed by atoms with Gasteiger partial charge in [0.05, 0.1) is 6.10 Å². The van der Waals surface area contributed by atoms with Crippen LogP contribution >= 0.6 is 23.2 Å². The van der Waals surface area contributed by atoms with Crippen LogP contribution < -0.4 is 0 Å². The number of benzene rings is 2. The first-order chi connectivity index (χ1) is 8.65. The lowest BCUT2D eigenvalue weighted by Gasteiger charge is -2.12. The molecule has 18 heavy (non-hydrogen) atoms. The lowest BCUT2D eigenvalue weighted by molar-refractivity contribution is 0.176. The minimum atomic E-state index is -0.405. The van der Waals surface area contributed by atoms with Crippen LogP contribution in [0.15, 0.2) is 42.5 Å². The molecule has 0 bridgehead atoms. The molecule has 3 heteroatoms. The summed E-state index contributed by atoms with van der Waals surface area (Å²) in [5.74, 6) is 0.200. The molecular weight excluding hydrogens is 267 g/mol. The van der Waals surface area contributed by atoms with Crippen LogP contribution in [-0.4, -0.2) is 5.11 Å². The molecule has 3 rings (SSSR count). The van der Waals surface area contributed by atoms with Crippen LogP contribution in [0.3, 0.4) is 0 Å². The monoisotopic (exact) mass is 278 g/mol. The molecule has 0 spiro atoms. The summed E-state index contributed by atoms with van der Waals surface area (Å²) in [5, 5.41) is 11.5. The van der Waals surface area contributed by atoms with E-state index in [4.69, 9.17) is 23.2 Å². The summed E-state index contributed by atoms with van der Waals surface area (Å²) < 4.78 is 0. The maximum atomic E-state index is 10.1. The van der Waals surface area contributed by atoms with Crippen molar-refractivity contribution in [3.8, 4) is 0 Å². The first kappa shape index (κ1) is 12.0. The average molecular weight is 279 g/mol. The van der Waals surface area contributed by atoms with Gasteiger partial charge in [0.2, 0.25) is 0 Å². The van der Waals surface area contributed by atoms with E-state index in [1.165, 1.54) is 5.56 Å². The van der Waals surface area contributed by atoms with E-state index >= 15 is 0 Å². The fraction of sp³-hybridized carbons (Fsp3) is 0.200. The molecule has 0 amide bonds. The van der Waals surface area contributed by atoms with E-state index in [-0.39, 0.29) is 5.92 Å². The molecule has 2 aromatic carbocycles. The number of halogens is 2. The van der Waals surface area contributed by atoms with E-state index in [9.17, 15) is 5.11 Å². The smallest absolute Gasteiger partial charge is 0.0802 e. The van der Waals surface area contributed by atoms with Crippen molar-refractivity contribution in [2.45, 2.75) is 18.4 Å². The van der Waals surface area contributed by atoms with E-state index in [0.29, 0.717) is 11.4 Å². The normalized spacial score (nSPS) is 21.9. The van der Waals surface area contributed by atoms with Crippen molar-refractivity contribution in [2.75, 3.05) is 0 Å². The van der Waals surface area contributed by atoms with Gasteiger partial charge in [-0.15, -0.1) is 0 Å². The maximum absolute atomic E-state index is 10.1. The summed E-state index contributed by atoms with van der Waals surface area (Å²) in [7, 11) is 0. The summed E-state index contributed by atoms with van der Waals surface area (Å²) in [4.78, 5) is 0. The number of hydrogen-bond donors (Lipinski definition) is 1. The standard InChI is InChI=1S/C15H12Cl2O/c16-10-3-1-9(2-4-10)13-8-15(18)12-6-5-11(17)7-14(12)13/h1-7,13,15,18H,8H2/t13-,15+/m1/s1. The summed E-state index contributed by atoms with van der Waals surface area (Å²) in [5.41, 5.74) is 3.27. The van der Waals surface area contributed by atoms with E-state index in [1.807, 2.05) is 42.5 Å². The van der Waals surface area contributed by atoms with Crippen molar-refractivity contribution >= 4 is 23.2 Å². The molecule has 1 aliphatic carbocycles. The number of rotatable bonds is 1. The quantitative estimate of drug-likeness (QED) is 0.811. The van der Waals surface area contributed by atoms with Crippen molar-refractivity contribution in [2.24, 2.45) is 0 Å². The largest absolute Gasteiger partial charge is 0.388 e. The summed E-state index contributed by atoms with van der Waals surface area (Å²) in [6.07, 6.45) is 0.301. The average Bonchev–Trinajstić information content (AvgIpc) is 2.67. The molecule has 1 N–H and O–H groups in total. The molecule has 1 nitrogen and oxygen atoms in total. The third kappa shape index (κ3) is 2.03. The predicted molar refractivity (Wildman–Crippen MR) is 74.3 cm³/mol. The molecule has 0 heterocycles. The third-order valence-corrected chi connectivity index (χ3v) is 4.00. The number of hydrogen-bond acceptors (Lipinski definition) is 1. The number of fused-ring (bicyclic) bond motifs is 1. The van der Waals surface area contributed by atoms with Crippen molar-refractivity contribution in [1.82, 2.24) is 0 Å². The number of aliphatic hydroxyl groups is 1. The Hall–Kier alpha value is -1.02. The second-order valence-corrected chi connectivity index (χ2v) is 5.50. The van der Waals surface area contributed by atoms with Crippen molar-refractivity contribution in [3.05, 3.63) is 69.2 Å². The Morgan fingerprint density at radius 2 is 1.56 bits per heavy atom. The molecule has 0 fully saturated rings.